The molecule has 0 atom stereocenters. The number of aromatic amines is 1. The second-order valence-electron chi connectivity index (χ2n) is 5.09. The van der Waals surface area contributed by atoms with Crippen molar-refractivity contribution in [3.8, 4) is 0 Å². The molecule has 1 fully saturated rings. The summed E-state index contributed by atoms with van der Waals surface area (Å²) in [5, 5.41) is 6.16. The van der Waals surface area contributed by atoms with Crippen LogP contribution in [-0.2, 0) is 23.0 Å². The Labute approximate surface area is 128 Å². The van der Waals surface area contributed by atoms with Crippen LogP contribution in [0.4, 0.5) is 0 Å². The first-order valence-electron chi connectivity index (χ1n) is 6.92. The van der Waals surface area contributed by atoms with E-state index in [2.05, 4.69) is 20.0 Å². The van der Waals surface area contributed by atoms with Crippen LogP contribution in [0.2, 0.25) is 0 Å². The van der Waals surface area contributed by atoms with Crippen molar-refractivity contribution >= 4 is 21.4 Å². The van der Waals surface area contributed by atoms with E-state index < -0.39 is 10.0 Å². The van der Waals surface area contributed by atoms with Gasteiger partial charge >= 0.3 is 0 Å². The molecule has 0 radical (unpaired) electrons. The van der Waals surface area contributed by atoms with Crippen LogP contribution in [0, 0.1) is 0 Å². The molecule has 0 spiro atoms. The topological polar surface area (TPSA) is 86.9 Å². The van der Waals surface area contributed by atoms with Crippen LogP contribution in [0.1, 0.15) is 23.5 Å². The van der Waals surface area contributed by atoms with Crippen molar-refractivity contribution in [2.75, 3.05) is 6.54 Å². The van der Waals surface area contributed by atoms with Gasteiger partial charge in [0.05, 0.1) is 9.90 Å². The average molecular weight is 326 g/mol. The van der Waals surface area contributed by atoms with Crippen molar-refractivity contribution in [2.24, 2.45) is 0 Å². The van der Waals surface area contributed by atoms with Crippen LogP contribution in [0.5, 0.6) is 0 Å². The molecule has 2 aromatic rings. The fraction of sp³-hybridized carbons (Fsp3) is 0.462. The highest BCUT2D eigenvalue weighted by Crippen LogP contribution is 2.19. The molecule has 0 aromatic carbocycles. The van der Waals surface area contributed by atoms with E-state index in [0.29, 0.717) is 25.6 Å². The van der Waals surface area contributed by atoms with Gasteiger partial charge in [-0.2, -0.15) is 0 Å². The van der Waals surface area contributed by atoms with Gasteiger partial charge in [-0.25, -0.2) is 18.1 Å². The van der Waals surface area contributed by atoms with Crippen LogP contribution in [0.15, 0.2) is 28.7 Å². The number of rotatable bonds is 8. The number of nitrogens with zero attached hydrogens (tertiary/aromatic N) is 1. The molecule has 3 N–H and O–H groups in total. The van der Waals surface area contributed by atoms with Gasteiger partial charge in [0.15, 0.2) is 0 Å². The molecule has 114 valence electrons. The molecule has 1 aliphatic carbocycles. The summed E-state index contributed by atoms with van der Waals surface area (Å²) >= 11 is 1.53. The molecule has 0 bridgehead atoms. The van der Waals surface area contributed by atoms with Crippen LogP contribution in [0.25, 0.3) is 0 Å². The zero-order valence-corrected chi connectivity index (χ0v) is 13.1. The van der Waals surface area contributed by atoms with E-state index in [1.165, 1.54) is 30.4 Å². The minimum atomic E-state index is -3.45. The second kappa shape index (κ2) is 6.27. The van der Waals surface area contributed by atoms with E-state index in [1.807, 2.05) is 5.38 Å². The van der Waals surface area contributed by atoms with Gasteiger partial charge in [0, 0.05) is 49.0 Å². The number of hydrogen-bond acceptors (Lipinski definition) is 5. The summed E-state index contributed by atoms with van der Waals surface area (Å²) in [6, 6.07) is 2.28. The second-order valence-corrected chi connectivity index (χ2v) is 7.84. The van der Waals surface area contributed by atoms with Gasteiger partial charge in [-0.15, -0.1) is 11.3 Å². The van der Waals surface area contributed by atoms with Crippen molar-refractivity contribution in [1.82, 2.24) is 20.0 Å². The molecule has 21 heavy (non-hydrogen) atoms. The Morgan fingerprint density at radius 2 is 2.29 bits per heavy atom. The number of aromatic nitrogens is 2. The zero-order chi connectivity index (χ0) is 14.7. The molecular weight excluding hydrogens is 308 g/mol. The maximum absolute atomic E-state index is 12.2. The monoisotopic (exact) mass is 326 g/mol. The Kier molecular flexibility index (Phi) is 4.39. The van der Waals surface area contributed by atoms with E-state index in [4.69, 9.17) is 0 Å². The van der Waals surface area contributed by atoms with Crippen LogP contribution >= 0.6 is 11.3 Å². The first-order valence-corrected chi connectivity index (χ1v) is 9.28. The highest BCUT2D eigenvalue weighted by Gasteiger charge is 2.21. The molecule has 1 aliphatic rings. The van der Waals surface area contributed by atoms with Crippen LogP contribution < -0.4 is 10.0 Å². The van der Waals surface area contributed by atoms with Gasteiger partial charge in [0.2, 0.25) is 10.0 Å². The smallest absolute Gasteiger partial charge is 0.242 e. The summed E-state index contributed by atoms with van der Waals surface area (Å²) in [6.45, 7) is 1.04. The van der Waals surface area contributed by atoms with E-state index in [1.54, 1.807) is 12.3 Å². The largest absolute Gasteiger partial charge is 0.363 e. The minimum absolute atomic E-state index is 0.286. The average Bonchev–Trinajstić information content (AvgIpc) is 2.93. The van der Waals surface area contributed by atoms with Gasteiger partial charge in [-0.1, -0.05) is 0 Å². The molecule has 1 saturated carbocycles. The van der Waals surface area contributed by atoms with Crippen molar-refractivity contribution in [3.63, 3.8) is 0 Å². The van der Waals surface area contributed by atoms with E-state index in [9.17, 15) is 8.42 Å². The molecule has 8 heteroatoms. The normalized spacial score (nSPS) is 15.4. The lowest BCUT2D eigenvalue weighted by atomic mass is 10.4. The molecule has 0 saturated heterocycles. The number of nitrogens with one attached hydrogen (secondary N) is 3. The summed E-state index contributed by atoms with van der Waals surface area (Å²) < 4.78 is 26.9. The Balaban J connectivity index is 1.53. The molecule has 6 nitrogen and oxygen atoms in total. The highest BCUT2D eigenvalue weighted by molar-refractivity contribution is 7.89. The van der Waals surface area contributed by atoms with Gasteiger partial charge in [-0.05, 0) is 18.9 Å². The van der Waals surface area contributed by atoms with E-state index >= 15 is 0 Å². The lowest BCUT2D eigenvalue weighted by Gasteiger charge is -2.03. The number of hydrogen-bond donors (Lipinski definition) is 3. The van der Waals surface area contributed by atoms with Crippen molar-refractivity contribution in [1.29, 1.82) is 0 Å². The molecule has 0 unspecified atom stereocenters. The standard InChI is InChI=1S/C13H18N4O2S2/c18-21(19,17-4-3-13-14-5-6-20-13)12-7-11(16-9-12)8-15-10-1-2-10/h5-7,9-10,15-17H,1-4,8H2. The summed E-state index contributed by atoms with van der Waals surface area (Å²) in [5.41, 5.74) is 0.891. The number of H-pyrrole nitrogens is 1. The van der Waals surface area contributed by atoms with Gasteiger partial charge in [-0.3, -0.25) is 0 Å². The van der Waals surface area contributed by atoms with Gasteiger partial charge in [0.25, 0.3) is 0 Å². The van der Waals surface area contributed by atoms with Crippen molar-refractivity contribution < 1.29 is 8.42 Å². The fourth-order valence-corrected chi connectivity index (χ4v) is 3.64. The Morgan fingerprint density at radius 3 is 3.00 bits per heavy atom. The fourth-order valence-electron chi connectivity index (χ4n) is 1.97. The zero-order valence-electron chi connectivity index (χ0n) is 11.5. The molecule has 2 aromatic heterocycles. The Hall–Kier alpha value is -1.22. The maximum atomic E-state index is 12.2. The lowest BCUT2D eigenvalue weighted by molar-refractivity contribution is 0.581. The first kappa shape index (κ1) is 14.7. The summed E-state index contributed by atoms with van der Waals surface area (Å²) in [7, 11) is -3.45. The van der Waals surface area contributed by atoms with Crippen molar-refractivity contribution in [3.05, 3.63) is 34.5 Å². The van der Waals surface area contributed by atoms with Crippen molar-refractivity contribution in [2.45, 2.75) is 36.7 Å². The minimum Gasteiger partial charge on any atom is -0.363 e. The molecule has 3 rings (SSSR count). The molecule has 0 amide bonds. The maximum Gasteiger partial charge on any atom is 0.242 e. The summed E-state index contributed by atoms with van der Waals surface area (Å²) in [6.07, 6.45) is 6.29. The number of sulfonamides is 1. The third kappa shape index (κ3) is 4.13. The molecular formula is C13H18N4O2S2. The molecule has 0 aliphatic heterocycles. The quantitative estimate of drug-likeness (QED) is 0.681. The van der Waals surface area contributed by atoms with E-state index in [0.717, 1.165) is 10.7 Å². The highest BCUT2D eigenvalue weighted by atomic mass is 32.2. The third-order valence-electron chi connectivity index (χ3n) is 3.30. The number of thiazole rings is 1. The lowest BCUT2D eigenvalue weighted by Crippen LogP contribution is -2.25. The Bertz CT molecular complexity index is 675. The predicted molar refractivity (Wildman–Crippen MR) is 81.7 cm³/mol. The molecule has 2 heterocycles. The van der Waals surface area contributed by atoms with Crippen LogP contribution in [0.3, 0.4) is 0 Å². The van der Waals surface area contributed by atoms with Gasteiger partial charge in [0.1, 0.15) is 0 Å². The van der Waals surface area contributed by atoms with Crippen LogP contribution in [-0.4, -0.2) is 31.0 Å². The third-order valence-corrected chi connectivity index (χ3v) is 5.58. The summed E-state index contributed by atoms with van der Waals surface area (Å²) in [5.74, 6) is 0. The summed E-state index contributed by atoms with van der Waals surface area (Å²) in [4.78, 5) is 7.42. The first-order chi connectivity index (χ1) is 10.1. The Morgan fingerprint density at radius 1 is 1.43 bits per heavy atom. The van der Waals surface area contributed by atoms with E-state index in [-0.39, 0.29) is 4.90 Å². The van der Waals surface area contributed by atoms with Gasteiger partial charge < -0.3 is 10.3 Å². The predicted octanol–water partition coefficient (Wildman–Crippen LogP) is 1.24. The SMILES string of the molecule is O=S(=O)(NCCc1nccs1)c1c[nH]c(CNC2CC2)c1.